The summed E-state index contributed by atoms with van der Waals surface area (Å²) >= 11 is 13.2. The molecule has 196 valence electrons. The summed E-state index contributed by atoms with van der Waals surface area (Å²) in [5.74, 6) is 0.185. The number of carbonyl (C=O) groups excluding carboxylic acids is 2. The van der Waals surface area contributed by atoms with Gasteiger partial charge in [0, 0.05) is 12.3 Å². The average molecular weight is 561 g/mol. The fraction of sp³-hybridized carbons (Fsp3) is 0.370. The molecule has 1 atom stereocenters. The lowest BCUT2D eigenvalue weighted by Gasteiger charge is -2.18. The van der Waals surface area contributed by atoms with E-state index in [1.807, 2.05) is 31.2 Å². The van der Waals surface area contributed by atoms with Gasteiger partial charge in [-0.05, 0) is 67.7 Å². The van der Waals surface area contributed by atoms with Crippen LogP contribution in [0.25, 0.3) is 6.08 Å². The molecule has 0 unspecified atom stereocenters. The Hall–Kier alpha value is -2.59. The highest BCUT2D eigenvalue weighted by Gasteiger charge is 2.34. The zero-order chi connectivity index (χ0) is 26.4. The van der Waals surface area contributed by atoms with E-state index in [4.69, 9.17) is 38.0 Å². The first-order valence-corrected chi connectivity index (χ1v) is 13.8. The SMILES string of the molecule is CCOc1cc(/C=C2\SC(=S)N(C[C@H]3CCCO3)C2=O)cc(Cl)c1OCC(=O)Nc1ccc(CC)cc1. The van der Waals surface area contributed by atoms with Gasteiger partial charge in [-0.15, -0.1) is 0 Å². The third kappa shape index (κ3) is 7.04. The maximum Gasteiger partial charge on any atom is 0.266 e. The van der Waals surface area contributed by atoms with Crippen LogP contribution < -0.4 is 14.8 Å². The third-order valence-electron chi connectivity index (χ3n) is 5.91. The Balaban J connectivity index is 1.45. The number of anilines is 1. The summed E-state index contributed by atoms with van der Waals surface area (Å²) in [6.07, 6.45) is 4.60. The molecule has 10 heteroatoms. The lowest BCUT2D eigenvalue weighted by molar-refractivity contribution is -0.123. The largest absolute Gasteiger partial charge is 0.490 e. The van der Waals surface area contributed by atoms with Gasteiger partial charge in [0.25, 0.3) is 11.8 Å². The minimum Gasteiger partial charge on any atom is -0.490 e. The normalized spacial score (nSPS) is 18.5. The lowest BCUT2D eigenvalue weighted by atomic mass is 10.1. The molecule has 0 aromatic heterocycles. The summed E-state index contributed by atoms with van der Waals surface area (Å²) in [6, 6.07) is 11.1. The number of amides is 2. The van der Waals surface area contributed by atoms with Gasteiger partial charge in [0.05, 0.1) is 29.2 Å². The van der Waals surface area contributed by atoms with E-state index in [0.717, 1.165) is 25.9 Å². The number of nitrogens with zero attached hydrogens (tertiary/aromatic N) is 1. The van der Waals surface area contributed by atoms with Crippen LogP contribution in [-0.2, 0) is 20.7 Å². The van der Waals surface area contributed by atoms with Crippen molar-refractivity contribution < 1.29 is 23.8 Å². The molecule has 4 rings (SSSR count). The highest BCUT2D eigenvalue weighted by molar-refractivity contribution is 8.26. The highest BCUT2D eigenvalue weighted by Crippen LogP contribution is 2.39. The number of nitrogens with one attached hydrogen (secondary N) is 1. The number of benzene rings is 2. The van der Waals surface area contributed by atoms with Gasteiger partial charge in [-0.2, -0.15) is 0 Å². The minimum atomic E-state index is -0.318. The summed E-state index contributed by atoms with van der Waals surface area (Å²) in [6.45, 7) is 5.23. The molecule has 2 aromatic rings. The van der Waals surface area contributed by atoms with Crippen LogP contribution >= 0.6 is 35.6 Å². The van der Waals surface area contributed by atoms with E-state index < -0.39 is 0 Å². The number of rotatable bonds is 10. The number of carbonyl (C=O) groups is 2. The number of thiocarbonyl (C=S) groups is 1. The summed E-state index contributed by atoms with van der Waals surface area (Å²) in [5.41, 5.74) is 2.54. The fourth-order valence-corrected chi connectivity index (χ4v) is 5.58. The second kappa shape index (κ2) is 12.8. The van der Waals surface area contributed by atoms with Crippen LogP contribution in [0.1, 0.15) is 37.8 Å². The predicted octanol–water partition coefficient (Wildman–Crippen LogP) is 5.70. The molecule has 0 radical (unpaired) electrons. The lowest BCUT2D eigenvalue weighted by Crippen LogP contribution is -2.35. The molecule has 2 amide bonds. The van der Waals surface area contributed by atoms with Crippen LogP contribution in [0.4, 0.5) is 5.69 Å². The predicted molar refractivity (Wildman–Crippen MR) is 151 cm³/mol. The molecule has 2 saturated heterocycles. The van der Waals surface area contributed by atoms with Crippen molar-refractivity contribution in [3.63, 3.8) is 0 Å². The second-order valence-corrected chi connectivity index (χ2v) is 10.7. The number of ether oxygens (including phenoxy) is 3. The molecule has 2 heterocycles. The van der Waals surface area contributed by atoms with Crippen molar-refractivity contribution in [1.29, 1.82) is 0 Å². The first-order chi connectivity index (χ1) is 17.9. The van der Waals surface area contributed by atoms with Crippen LogP contribution in [-0.4, -0.2) is 53.5 Å². The smallest absolute Gasteiger partial charge is 0.266 e. The maximum absolute atomic E-state index is 13.0. The molecular weight excluding hydrogens is 532 g/mol. The van der Waals surface area contributed by atoms with Crippen molar-refractivity contribution in [2.24, 2.45) is 0 Å². The van der Waals surface area contributed by atoms with Gasteiger partial charge in [-0.1, -0.05) is 54.6 Å². The van der Waals surface area contributed by atoms with E-state index in [1.54, 1.807) is 23.1 Å². The molecule has 0 spiro atoms. The van der Waals surface area contributed by atoms with Crippen LogP contribution in [0.2, 0.25) is 5.02 Å². The van der Waals surface area contributed by atoms with Crippen molar-refractivity contribution in [3.05, 3.63) is 57.5 Å². The van der Waals surface area contributed by atoms with Gasteiger partial charge in [0.15, 0.2) is 18.1 Å². The number of aryl methyl sites for hydroxylation is 1. The van der Waals surface area contributed by atoms with E-state index >= 15 is 0 Å². The van der Waals surface area contributed by atoms with Gasteiger partial charge < -0.3 is 19.5 Å². The van der Waals surface area contributed by atoms with Crippen LogP contribution in [0, 0.1) is 0 Å². The Morgan fingerprint density at radius 1 is 1.27 bits per heavy atom. The zero-order valence-electron chi connectivity index (χ0n) is 20.8. The van der Waals surface area contributed by atoms with Crippen LogP contribution in [0.3, 0.4) is 0 Å². The molecule has 2 aromatic carbocycles. The minimum absolute atomic E-state index is 0.0187. The fourth-order valence-electron chi connectivity index (χ4n) is 4.03. The standard InChI is InChI=1S/C27H29ClN2O5S2/c1-3-17-7-9-19(10-8-17)29-24(31)16-35-25-21(28)12-18(13-22(25)33-4-2)14-23-26(32)30(27(36)37-23)15-20-6-5-11-34-20/h7-10,12-14,20H,3-6,11,15-16H2,1-2H3,(H,29,31)/b23-14-/t20-/m1/s1. The monoisotopic (exact) mass is 560 g/mol. The van der Waals surface area contributed by atoms with Crippen molar-refractivity contribution >= 4 is 63.5 Å². The summed E-state index contributed by atoms with van der Waals surface area (Å²) in [4.78, 5) is 27.5. The second-order valence-electron chi connectivity index (χ2n) is 8.58. The van der Waals surface area contributed by atoms with E-state index in [0.29, 0.717) is 39.4 Å². The van der Waals surface area contributed by atoms with Crippen molar-refractivity contribution in [3.8, 4) is 11.5 Å². The van der Waals surface area contributed by atoms with Crippen LogP contribution in [0.15, 0.2) is 41.3 Å². The number of hydrogen-bond donors (Lipinski definition) is 1. The van der Waals surface area contributed by atoms with E-state index in [2.05, 4.69) is 12.2 Å². The van der Waals surface area contributed by atoms with Gasteiger partial charge in [0.2, 0.25) is 0 Å². The van der Waals surface area contributed by atoms with Crippen molar-refractivity contribution in [2.75, 3.05) is 31.7 Å². The molecule has 2 aliphatic heterocycles. The molecule has 1 N–H and O–H groups in total. The molecule has 37 heavy (non-hydrogen) atoms. The van der Waals surface area contributed by atoms with Gasteiger partial charge in [0.1, 0.15) is 4.32 Å². The molecule has 7 nitrogen and oxygen atoms in total. The first-order valence-electron chi connectivity index (χ1n) is 12.2. The summed E-state index contributed by atoms with van der Waals surface area (Å²) < 4.78 is 17.7. The van der Waals surface area contributed by atoms with Crippen molar-refractivity contribution in [2.45, 2.75) is 39.2 Å². The van der Waals surface area contributed by atoms with E-state index in [-0.39, 0.29) is 35.3 Å². The number of thioether (sulfide) groups is 1. The molecule has 2 aliphatic rings. The topological polar surface area (TPSA) is 77.1 Å². The summed E-state index contributed by atoms with van der Waals surface area (Å²) in [5, 5.41) is 3.08. The molecule has 0 bridgehead atoms. The number of hydrogen-bond acceptors (Lipinski definition) is 7. The molecule has 0 aliphatic carbocycles. The Labute approximate surface area is 231 Å². The van der Waals surface area contributed by atoms with Gasteiger partial charge >= 0.3 is 0 Å². The Kier molecular flexibility index (Phi) is 9.48. The van der Waals surface area contributed by atoms with E-state index in [9.17, 15) is 9.59 Å². The molecular formula is C27H29ClN2O5S2. The molecule has 0 saturated carbocycles. The Morgan fingerprint density at radius 3 is 2.73 bits per heavy atom. The Bertz CT molecular complexity index is 1200. The summed E-state index contributed by atoms with van der Waals surface area (Å²) in [7, 11) is 0. The number of halogens is 1. The maximum atomic E-state index is 13.0. The Morgan fingerprint density at radius 2 is 2.05 bits per heavy atom. The third-order valence-corrected chi connectivity index (χ3v) is 7.57. The van der Waals surface area contributed by atoms with Gasteiger partial charge in [-0.25, -0.2) is 0 Å². The van der Waals surface area contributed by atoms with E-state index in [1.165, 1.54) is 17.3 Å². The van der Waals surface area contributed by atoms with Crippen molar-refractivity contribution in [1.82, 2.24) is 4.90 Å². The first kappa shape index (κ1) is 27.4. The highest BCUT2D eigenvalue weighted by atomic mass is 35.5. The molecule has 2 fully saturated rings. The van der Waals surface area contributed by atoms with Gasteiger partial charge in [-0.3, -0.25) is 14.5 Å². The average Bonchev–Trinajstić information content (AvgIpc) is 3.48. The van der Waals surface area contributed by atoms with Crippen LogP contribution in [0.5, 0.6) is 11.5 Å². The zero-order valence-corrected chi connectivity index (χ0v) is 23.1. The quantitative estimate of drug-likeness (QED) is 0.295.